The minimum atomic E-state index is -0.0139. The number of phenolic OH excluding ortho intramolecular Hbond substituents is 2. The number of rotatable bonds is 3. The number of hydrogen-bond acceptors (Lipinski definition) is 4. The van der Waals surface area contributed by atoms with Crippen LogP contribution in [0.2, 0.25) is 0 Å². The summed E-state index contributed by atoms with van der Waals surface area (Å²) < 4.78 is 0. The van der Waals surface area contributed by atoms with Crippen molar-refractivity contribution in [2.45, 2.75) is 26.7 Å². The monoisotopic (exact) mass is 228 g/mol. The zero-order valence-corrected chi connectivity index (χ0v) is 9.77. The Morgan fingerprint density at radius 2 is 1.12 bits per heavy atom. The minimum absolute atomic E-state index is 0.0139. The molecule has 0 bridgehead atoms. The number of aliphatic hydroxyl groups excluding tert-OH is 2. The second-order valence-corrected chi connectivity index (χ2v) is 3.55. The molecule has 0 unspecified atom stereocenters. The zero-order valence-electron chi connectivity index (χ0n) is 9.77. The maximum Gasteiger partial charge on any atom is 0.160 e. The maximum atomic E-state index is 9.14. The highest BCUT2D eigenvalue weighted by Gasteiger charge is 2.03. The Labute approximate surface area is 95.8 Å². The number of benzene rings is 1. The van der Waals surface area contributed by atoms with Crippen LogP contribution in [-0.2, 0) is 0 Å². The average molecular weight is 228 g/mol. The zero-order chi connectivity index (χ0) is 12.6. The van der Waals surface area contributed by atoms with Crippen LogP contribution >= 0.6 is 0 Å². The summed E-state index contributed by atoms with van der Waals surface area (Å²) in [6, 6.07) is 3.54. The van der Waals surface area contributed by atoms with Crippen LogP contribution in [-0.4, -0.2) is 33.6 Å². The average Bonchev–Trinajstić information content (AvgIpc) is 2.29. The van der Waals surface area contributed by atoms with Crippen LogP contribution in [0.15, 0.2) is 12.1 Å². The largest absolute Gasteiger partial charge is 0.504 e. The Morgan fingerprint density at radius 1 is 0.812 bits per heavy atom. The normalized spacial score (nSPS) is 9.50. The van der Waals surface area contributed by atoms with Gasteiger partial charge < -0.3 is 20.4 Å². The van der Waals surface area contributed by atoms with Crippen molar-refractivity contribution in [1.82, 2.24) is 0 Å². The smallest absolute Gasteiger partial charge is 0.160 e. The van der Waals surface area contributed by atoms with Crippen LogP contribution < -0.4 is 0 Å². The van der Waals surface area contributed by atoms with E-state index in [1.54, 1.807) is 26.0 Å². The molecule has 0 aliphatic rings. The van der Waals surface area contributed by atoms with E-state index in [-0.39, 0.29) is 24.7 Å². The van der Waals surface area contributed by atoms with Crippen molar-refractivity contribution < 1.29 is 20.4 Å². The van der Waals surface area contributed by atoms with Crippen molar-refractivity contribution in [3.8, 4) is 11.5 Å². The third-order valence-electron chi connectivity index (χ3n) is 2.12. The molecule has 1 rings (SSSR count). The number of unbranched alkanes of at least 4 members (excludes halogenated alkanes) is 1. The van der Waals surface area contributed by atoms with E-state index in [2.05, 4.69) is 0 Å². The van der Waals surface area contributed by atoms with Gasteiger partial charge in [-0.3, -0.25) is 0 Å². The molecule has 4 heteroatoms. The third kappa shape index (κ3) is 5.00. The van der Waals surface area contributed by atoms with Crippen LogP contribution in [0.5, 0.6) is 11.5 Å². The summed E-state index contributed by atoms with van der Waals surface area (Å²) in [4.78, 5) is 0. The lowest BCUT2D eigenvalue weighted by molar-refractivity contribution is 0.242. The summed E-state index contributed by atoms with van der Waals surface area (Å²) in [7, 11) is 0. The molecule has 1 aromatic rings. The molecule has 0 aliphatic heterocycles. The Bertz CT molecular complexity index is 279. The van der Waals surface area contributed by atoms with Gasteiger partial charge in [-0.25, -0.2) is 0 Å². The van der Waals surface area contributed by atoms with Crippen molar-refractivity contribution >= 4 is 0 Å². The van der Waals surface area contributed by atoms with Crippen LogP contribution in [0.25, 0.3) is 0 Å². The molecule has 0 saturated carbocycles. The Balaban J connectivity index is 0.000000325. The summed E-state index contributed by atoms with van der Waals surface area (Å²) in [5.74, 6) is -0.0278. The number of aryl methyl sites for hydroxylation is 2. The van der Waals surface area contributed by atoms with Gasteiger partial charge in [0.25, 0.3) is 0 Å². The lowest BCUT2D eigenvalue weighted by atomic mass is 10.1. The van der Waals surface area contributed by atoms with Gasteiger partial charge in [-0.05, 0) is 37.8 Å². The van der Waals surface area contributed by atoms with Crippen molar-refractivity contribution in [1.29, 1.82) is 0 Å². The van der Waals surface area contributed by atoms with Gasteiger partial charge in [-0.2, -0.15) is 0 Å². The fourth-order valence-electron chi connectivity index (χ4n) is 1.00. The second-order valence-electron chi connectivity index (χ2n) is 3.55. The van der Waals surface area contributed by atoms with Crippen molar-refractivity contribution in [3.63, 3.8) is 0 Å². The van der Waals surface area contributed by atoms with E-state index in [1.165, 1.54) is 0 Å². The van der Waals surface area contributed by atoms with Gasteiger partial charge in [-0.1, -0.05) is 12.1 Å². The second kappa shape index (κ2) is 7.96. The molecular weight excluding hydrogens is 208 g/mol. The fraction of sp³-hybridized carbons (Fsp3) is 0.500. The minimum Gasteiger partial charge on any atom is -0.504 e. The highest BCUT2D eigenvalue weighted by molar-refractivity contribution is 5.48. The van der Waals surface area contributed by atoms with Crippen LogP contribution in [0, 0.1) is 13.8 Å². The summed E-state index contributed by atoms with van der Waals surface area (Å²) >= 11 is 0. The molecule has 4 nitrogen and oxygen atoms in total. The van der Waals surface area contributed by atoms with Crippen molar-refractivity contribution in [2.24, 2.45) is 0 Å². The van der Waals surface area contributed by atoms with Gasteiger partial charge in [0, 0.05) is 13.2 Å². The van der Waals surface area contributed by atoms with Gasteiger partial charge in [0.2, 0.25) is 0 Å². The van der Waals surface area contributed by atoms with E-state index in [1.807, 2.05) is 0 Å². The molecule has 0 spiro atoms. The van der Waals surface area contributed by atoms with E-state index in [4.69, 9.17) is 20.4 Å². The number of aromatic hydroxyl groups is 2. The summed E-state index contributed by atoms with van der Waals surface area (Å²) in [5, 5.41) is 34.4. The molecular formula is C12H20O4. The number of phenols is 2. The van der Waals surface area contributed by atoms with Gasteiger partial charge in [0.1, 0.15) is 0 Å². The van der Waals surface area contributed by atoms with Gasteiger partial charge >= 0.3 is 0 Å². The fourth-order valence-corrected chi connectivity index (χ4v) is 1.00. The van der Waals surface area contributed by atoms with Gasteiger partial charge in [0.15, 0.2) is 11.5 Å². The molecule has 0 fully saturated rings. The number of aliphatic hydroxyl groups is 2. The highest BCUT2D eigenvalue weighted by atomic mass is 16.3. The predicted octanol–water partition coefficient (Wildman–Crippen LogP) is 1.47. The topological polar surface area (TPSA) is 80.9 Å². The molecule has 0 aromatic heterocycles. The first-order valence-electron chi connectivity index (χ1n) is 5.24. The van der Waals surface area contributed by atoms with Crippen LogP contribution in [0.1, 0.15) is 24.0 Å². The van der Waals surface area contributed by atoms with Gasteiger partial charge in [-0.15, -0.1) is 0 Å². The van der Waals surface area contributed by atoms with E-state index in [0.29, 0.717) is 11.1 Å². The standard InChI is InChI=1S/C8H10O2.C4H10O2/c1-5-3-4-6(2)8(10)7(5)9;5-3-1-2-4-6/h3-4,9-10H,1-2H3;5-6H,1-4H2. The first-order valence-corrected chi connectivity index (χ1v) is 5.24. The molecule has 0 aliphatic carbocycles. The van der Waals surface area contributed by atoms with Crippen molar-refractivity contribution in [2.75, 3.05) is 13.2 Å². The SMILES string of the molecule is Cc1ccc(C)c(O)c1O.OCCCCO. The molecule has 1 aromatic carbocycles. The molecule has 0 heterocycles. The highest BCUT2D eigenvalue weighted by Crippen LogP contribution is 2.30. The molecule has 0 saturated heterocycles. The summed E-state index contributed by atoms with van der Waals surface area (Å²) in [6.07, 6.45) is 1.44. The van der Waals surface area contributed by atoms with Gasteiger partial charge in [0.05, 0.1) is 0 Å². The van der Waals surface area contributed by atoms with E-state index in [9.17, 15) is 0 Å². The number of hydrogen-bond donors (Lipinski definition) is 4. The van der Waals surface area contributed by atoms with E-state index in [0.717, 1.165) is 12.8 Å². The van der Waals surface area contributed by atoms with Crippen LogP contribution in [0.3, 0.4) is 0 Å². The third-order valence-corrected chi connectivity index (χ3v) is 2.12. The molecule has 16 heavy (non-hydrogen) atoms. The predicted molar refractivity (Wildman–Crippen MR) is 62.7 cm³/mol. The van der Waals surface area contributed by atoms with Crippen molar-refractivity contribution in [3.05, 3.63) is 23.3 Å². The molecule has 0 atom stereocenters. The van der Waals surface area contributed by atoms with Crippen LogP contribution in [0.4, 0.5) is 0 Å². The molecule has 0 radical (unpaired) electrons. The summed E-state index contributed by atoms with van der Waals surface area (Å²) in [5.41, 5.74) is 1.39. The Kier molecular flexibility index (Phi) is 7.33. The molecule has 92 valence electrons. The summed E-state index contributed by atoms with van der Waals surface area (Å²) in [6.45, 7) is 3.88. The first kappa shape index (κ1) is 14.7. The lowest BCUT2D eigenvalue weighted by Crippen LogP contribution is -1.85. The van der Waals surface area contributed by atoms with E-state index >= 15 is 0 Å². The quantitative estimate of drug-likeness (QED) is 0.466. The molecule has 0 amide bonds. The maximum absolute atomic E-state index is 9.14. The first-order chi connectivity index (χ1) is 7.54. The van der Waals surface area contributed by atoms with E-state index < -0.39 is 0 Å². The molecule has 4 N–H and O–H groups in total. The Morgan fingerprint density at radius 3 is 1.38 bits per heavy atom. The Hall–Kier alpha value is -1.26. The lowest BCUT2D eigenvalue weighted by Gasteiger charge is -2.02.